The topological polar surface area (TPSA) is 81.2 Å². The first-order valence-corrected chi connectivity index (χ1v) is 14.1. The molecule has 9 heteroatoms. The normalized spacial score (nSPS) is 22.9. The van der Waals surface area contributed by atoms with E-state index in [1.54, 1.807) is 32.2 Å². The second-order valence-electron chi connectivity index (χ2n) is 9.82. The van der Waals surface area contributed by atoms with Crippen LogP contribution in [0.1, 0.15) is 33.8 Å². The number of hydrogen-bond donors (Lipinski definition) is 1. The maximum atomic E-state index is 14.7. The average Bonchev–Trinajstić information content (AvgIpc) is 3.38. The van der Waals surface area contributed by atoms with Gasteiger partial charge in [0.05, 0.1) is 6.26 Å². The van der Waals surface area contributed by atoms with Gasteiger partial charge >= 0.3 is 0 Å². The van der Waals surface area contributed by atoms with Gasteiger partial charge in [-0.2, -0.15) is 0 Å². The number of halogens is 1. The summed E-state index contributed by atoms with van der Waals surface area (Å²) in [6, 6.07) is 11.3. The molecule has 2 aromatic carbocycles. The van der Waals surface area contributed by atoms with Gasteiger partial charge in [-0.1, -0.05) is 30.3 Å². The zero-order chi connectivity index (χ0) is 26.0. The lowest BCUT2D eigenvalue weighted by molar-refractivity contribution is 0.0543. The molecule has 0 saturated carbocycles. The summed E-state index contributed by atoms with van der Waals surface area (Å²) < 4.78 is 39.9. The number of carbonyl (C=O) groups excluding carboxylic acids is 1. The molecule has 3 atom stereocenters. The van der Waals surface area contributed by atoms with Crippen molar-refractivity contribution in [2.45, 2.75) is 25.3 Å². The highest BCUT2D eigenvalue weighted by atomic mass is 32.2. The van der Waals surface area contributed by atoms with Gasteiger partial charge in [-0.15, -0.1) is 0 Å². The third-order valence-corrected chi connectivity index (χ3v) is 8.77. The number of likely N-dealkylation sites (N-methyl/N-ethyl adjacent to an activating group) is 1. The third-order valence-electron chi connectivity index (χ3n) is 7.46. The lowest BCUT2D eigenvalue weighted by Gasteiger charge is -2.47. The van der Waals surface area contributed by atoms with Gasteiger partial charge in [-0.25, -0.2) is 17.1 Å². The van der Waals surface area contributed by atoms with Gasteiger partial charge < -0.3 is 10.0 Å². The number of phenolic OH excluding ortho intramolecular Hbond substituents is 1. The molecule has 0 amide bonds. The summed E-state index contributed by atoms with van der Waals surface area (Å²) in [6.45, 7) is 4.35. The number of carbonyl (C=O) groups is 1. The molecule has 1 saturated heterocycles. The molecule has 36 heavy (non-hydrogen) atoms. The van der Waals surface area contributed by atoms with Gasteiger partial charge in [0.15, 0.2) is 5.78 Å². The Morgan fingerprint density at radius 3 is 2.61 bits per heavy atom. The van der Waals surface area contributed by atoms with Crippen molar-refractivity contribution in [1.82, 2.24) is 14.1 Å². The van der Waals surface area contributed by atoms with Crippen molar-refractivity contribution in [3.05, 3.63) is 77.2 Å². The molecule has 0 unspecified atom stereocenters. The van der Waals surface area contributed by atoms with Crippen molar-refractivity contribution in [1.29, 1.82) is 0 Å². The number of hydrogen-bond acceptors (Lipinski definition) is 6. The van der Waals surface area contributed by atoms with Crippen molar-refractivity contribution in [2.24, 2.45) is 5.92 Å². The Balaban J connectivity index is 1.75. The first-order valence-electron chi connectivity index (χ1n) is 12.2. The van der Waals surface area contributed by atoms with E-state index in [1.807, 2.05) is 12.3 Å². The molecule has 2 aliphatic rings. The Labute approximate surface area is 212 Å². The summed E-state index contributed by atoms with van der Waals surface area (Å²) in [5.74, 6) is -1.19. The molecule has 1 fully saturated rings. The summed E-state index contributed by atoms with van der Waals surface area (Å²) in [5.41, 5.74) is 1.76. The van der Waals surface area contributed by atoms with Crippen LogP contribution >= 0.6 is 0 Å². The molecule has 4 rings (SSSR count). The Bertz CT molecular complexity index is 1250. The molecule has 1 N–H and O–H groups in total. The SMILES string of the molecule is Cc1c(F)cccc1[C@H]1[C@@H](C(=O)c2cccc(O)c2)CN(CCN(C)S(C)(=O)=O)C[C@@H]1N1C=CCC1. The van der Waals surface area contributed by atoms with Crippen LogP contribution < -0.4 is 0 Å². The first kappa shape index (κ1) is 26.3. The average molecular weight is 516 g/mol. The number of likely N-dealkylation sites (tertiary alicyclic amines) is 1. The molecular weight excluding hydrogens is 481 g/mol. The fraction of sp³-hybridized carbons (Fsp3) is 0.444. The van der Waals surface area contributed by atoms with E-state index in [1.165, 1.54) is 28.8 Å². The Morgan fingerprint density at radius 2 is 1.94 bits per heavy atom. The molecule has 194 valence electrons. The Hall–Kier alpha value is -2.75. The van der Waals surface area contributed by atoms with E-state index in [-0.39, 0.29) is 29.3 Å². The number of benzene rings is 2. The van der Waals surface area contributed by atoms with E-state index in [0.717, 1.165) is 18.5 Å². The maximum Gasteiger partial charge on any atom is 0.210 e. The smallest absolute Gasteiger partial charge is 0.210 e. The summed E-state index contributed by atoms with van der Waals surface area (Å²) in [4.78, 5) is 18.3. The van der Waals surface area contributed by atoms with E-state index in [4.69, 9.17) is 0 Å². The molecule has 2 aromatic rings. The van der Waals surface area contributed by atoms with Gasteiger partial charge in [0.2, 0.25) is 10.0 Å². The van der Waals surface area contributed by atoms with E-state index in [2.05, 4.69) is 15.9 Å². The highest BCUT2D eigenvalue weighted by molar-refractivity contribution is 7.88. The molecule has 7 nitrogen and oxygen atoms in total. The van der Waals surface area contributed by atoms with E-state index in [9.17, 15) is 22.7 Å². The molecule has 2 heterocycles. The van der Waals surface area contributed by atoms with Crippen LogP contribution in [0.4, 0.5) is 4.39 Å². The van der Waals surface area contributed by atoms with Crippen LogP contribution in [0.15, 0.2) is 54.7 Å². The predicted molar refractivity (Wildman–Crippen MR) is 138 cm³/mol. The maximum absolute atomic E-state index is 14.7. The van der Waals surface area contributed by atoms with Crippen molar-refractivity contribution >= 4 is 15.8 Å². The minimum Gasteiger partial charge on any atom is -0.508 e. The lowest BCUT2D eigenvalue weighted by atomic mass is 9.72. The van der Waals surface area contributed by atoms with Crippen molar-refractivity contribution in [3.8, 4) is 5.75 Å². The lowest BCUT2D eigenvalue weighted by Crippen LogP contribution is -2.56. The van der Waals surface area contributed by atoms with E-state index < -0.39 is 15.9 Å². The van der Waals surface area contributed by atoms with Crippen molar-refractivity contribution in [3.63, 3.8) is 0 Å². The van der Waals surface area contributed by atoms with Crippen molar-refractivity contribution in [2.75, 3.05) is 46.0 Å². The second-order valence-corrected chi connectivity index (χ2v) is 11.9. The third kappa shape index (κ3) is 5.63. The number of ketones is 1. The molecular formula is C27H34FN3O4S. The molecule has 0 aromatic heterocycles. The number of piperidine rings is 1. The van der Waals surface area contributed by atoms with Gasteiger partial charge in [0.25, 0.3) is 0 Å². The monoisotopic (exact) mass is 515 g/mol. The standard InChI is InChI=1S/C27H34FN3O4S/c1-19-22(10-7-11-24(19)28)26-23(27(33)20-8-6-9-21(32)16-20)17-30(15-14-29(2)36(3,34)35)18-25(26)31-12-4-5-13-31/h4,6-12,16,23,25-26,32H,5,13-15,17-18H2,1-3H3/t23-,25-,26-/m0/s1. The number of aromatic hydroxyl groups is 1. The minimum absolute atomic E-state index is 0.0146. The van der Waals surface area contributed by atoms with Crippen molar-refractivity contribution < 1.29 is 22.7 Å². The van der Waals surface area contributed by atoms with Gasteiger partial charge in [0, 0.05) is 63.2 Å². The zero-order valence-corrected chi connectivity index (χ0v) is 21.8. The van der Waals surface area contributed by atoms with Gasteiger partial charge in [-0.05, 0) is 48.9 Å². The van der Waals surface area contributed by atoms with Crippen LogP contribution in [-0.2, 0) is 10.0 Å². The van der Waals surface area contributed by atoms with E-state index in [0.29, 0.717) is 37.3 Å². The number of nitrogens with zero attached hydrogens (tertiary/aromatic N) is 3. The highest BCUT2D eigenvalue weighted by Crippen LogP contribution is 2.40. The van der Waals surface area contributed by atoms with Gasteiger partial charge in [-0.3, -0.25) is 9.69 Å². The summed E-state index contributed by atoms with van der Waals surface area (Å²) in [5, 5.41) is 10.0. The molecule has 0 spiro atoms. The van der Waals surface area contributed by atoms with Crippen LogP contribution in [0.5, 0.6) is 5.75 Å². The van der Waals surface area contributed by atoms with Crippen LogP contribution in [-0.4, -0.2) is 85.5 Å². The zero-order valence-electron chi connectivity index (χ0n) is 21.0. The highest BCUT2D eigenvalue weighted by Gasteiger charge is 2.44. The number of phenols is 1. The number of sulfonamides is 1. The molecule has 0 bridgehead atoms. The largest absolute Gasteiger partial charge is 0.508 e. The van der Waals surface area contributed by atoms with E-state index >= 15 is 0 Å². The Morgan fingerprint density at radius 1 is 1.19 bits per heavy atom. The predicted octanol–water partition coefficient (Wildman–Crippen LogP) is 3.22. The number of rotatable bonds is 8. The fourth-order valence-corrected chi connectivity index (χ4v) is 5.78. The minimum atomic E-state index is -3.33. The summed E-state index contributed by atoms with van der Waals surface area (Å²) >= 11 is 0. The first-order chi connectivity index (χ1) is 17.1. The second kappa shape index (κ2) is 10.7. The summed E-state index contributed by atoms with van der Waals surface area (Å²) in [7, 11) is -1.78. The Kier molecular flexibility index (Phi) is 7.82. The molecule has 0 radical (unpaired) electrons. The fourth-order valence-electron chi connectivity index (χ4n) is 5.37. The summed E-state index contributed by atoms with van der Waals surface area (Å²) in [6.07, 6.45) is 6.22. The van der Waals surface area contributed by atoms with Crippen LogP contribution in [0.3, 0.4) is 0 Å². The van der Waals surface area contributed by atoms with Gasteiger partial charge in [0.1, 0.15) is 11.6 Å². The van der Waals surface area contributed by atoms with Crippen LogP contribution in [0, 0.1) is 18.7 Å². The molecule has 0 aliphatic carbocycles. The number of Topliss-reactive ketones (excluding diaryl/α,β-unsaturated/α-hetero) is 1. The van der Waals surface area contributed by atoms with Crippen LogP contribution in [0.2, 0.25) is 0 Å². The molecule has 2 aliphatic heterocycles. The van der Waals surface area contributed by atoms with Crippen LogP contribution in [0.25, 0.3) is 0 Å². The quantitative estimate of drug-likeness (QED) is 0.544.